The summed E-state index contributed by atoms with van der Waals surface area (Å²) in [5.41, 5.74) is 2.74. The molecule has 1 unspecified atom stereocenters. The molecular weight excluding hydrogens is 284 g/mol. The molecule has 1 saturated heterocycles. The zero-order valence-corrected chi connectivity index (χ0v) is 14.6. The van der Waals surface area contributed by atoms with Crippen molar-refractivity contribution >= 4 is 11.6 Å². The molecule has 2 heterocycles. The van der Waals surface area contributed by atoms with Crippen LogP contribution in [0, 0.1) is 5.92 Å². The zero-order valence-electron chi connectivity index (χ0n) is 14.6. The molecule has 0 spiro atoms. The first-order valence-electron chi connectivity index (χ1n) is 9.06. The van der Waals surface area contributed by atoms with Crippen LogP contribution in [0.3, 0.4) is 0 Å². The average molecular weight is 314 g/mol. The first-order valence-corrected chi connectivity index (χ1v) is 9.06. The first-order chi connectivity index (χ1) is 11.3. The Kier molecular flexibility index (Phi) is 5.55. The van der Waals surface area contributed by atoms with Gasteiger partial charge < -0.3 is 15.1 Å². The first kappa shape index (κ1) is 16.3. The molecule has 1 fully saturated rings. The van der Waals surface area contributed by atoms with E-state index >= 15 is 0 Å². The second-order valence-electron chi connectivity index (χ2n) is 6.91. The molecule has 1 N–H and O–H groups in total. The van der Waals surface area contributed by atoms with Crippen molar-refractivity contribution in [2.45, 2.75) is 32.6 Å². The van der Waals surface area contributed by atoms with Crippen molar-refractivity contribution < 1.29 is 0 Å². The van der Waals surface area contributed by atoms with E-state index in [1.165, 1.54) is 50.1 Å². The summed E-state index contributed by atoms with van der Waals surface area (Å²) >= 11 is 0. The Bertz CT molecular complexity index is 540. The Hall–Kier alpha value is -1.55. The minimum Gasteiger partial charge on any atom is -0.356 e. The molecule has 4 heteroatoms. The monoisotopic (exact) mass is 314 g/mol. The van der Waals surface area contributed by atoms with E-state index in [1.807, 2.05) is 7.05 Å². The second kappa shape index (κ2) is 7.82. The highest BCUT2D eigenvalue weighted by Crippen LogP contribution is 2.27. The maximum Gasteiger partial charge on any atom is 0.198 e. The molecule has 0 amide bonds. The third-order valence-electron chi connectivity index (χ3n) is 5.03. The van der Waals surface area contributed by atoms with E-state index in [0.29, 0.717) is 0 Å². The van der Waals surface area contributed by atoms with E-state index in [4.69, 9.17) is 0 Å². The van der Waals surface area contributed by atoms with Gasteiger partial charge in [-0.15, -0.1) is 0 Å². The van der Waals surface area contributed by atoms with Crippen molar-refractivity contribution in [3.05, 3.63) is 29.8 Å². The highest BCUT2D eigenvalue weighted by atomic mass is 15.3. The van der Waals surface area contributed by atoms with Crippen LogP contribution in [0.5, 0.6) is 0 Å². The maximum atomic E-state index is 4.48. The van der Waals surface area contributed by atoms with E-state index in [9.17, 15) is 0 Å². The van der Waals surface area contributed by atoms with E-state index in [2.05, 4.69) is 51.3 Å². The lowest BCUT2D eigenvalue weighted by atomic mass is 10.0. The number of likely N-dealkylation sites (tertiary alicyclic amines) is 1. The van der Waals surface area contributed by atoms with Crippen LogP contribution < -0.4 is 10.2 Å². The van der Waals surface area contributed by atoms with Crippen LogP contribution in [0.25, 0.3) is 0 Å². The molecule has 1 aromatic rings. The highest BCUT2D eigenvalue weighted by Gasteiger charge is 2.22. The normalized spacial score (nSPS) is 22.3. The Morgan fingerprint density at radius 1 is 1.30 bits per heavy atom. The number of aliphatic imine (C=N–C) groups is 1. The summed E-state index contributed by atoms with van der Waals surface area (Å²) in [5, 5.41) is 3.55. The fourth-order valence-electron chi connectivity index (χ4n) is 3.85. The molecule has 1 atom stereocenters. The molecule has 0 radical (unpaired) electrons. The summed E-state index contributed by atoms with van der Waals surface area (Å²) in [6.45, 7) is 8.15. The standard InChI is InChI=1S/C19H30N4/c1-16-7-5-12-22(15-16)13-6-11-21-19(20-2)23-14-10-17-8-3-4-9-18(17)23/h3-4,8-9,16H,5-7,10-15H2,1-2H3,(H,20,21). The fourth-order valence-corrected chi connectivity index (χ4v) is 3.85. The number of benzene rings is 1. The molecule has 23 heavy (non-hydrogen) atoms. The van der Waals surface area contributed by atoms with Gasteiger partial charge in [0.05, 0.1) is 0 Å². The SMILES string of the molecule is CN=C(NCCCN1CCCC(C)C1)N1CCc2ccccc21. The number of guanidine groups is 1. The molecule has 0 bridgehead atoms. The quantitative estimate of drug-likeness (QED) is 0.527. The van der Waals surface area contributed by atoms with Crippen molar-refractivity contribution in [1.29, 1.82) is 0 Å². The molecule has 0 saturated carbocycles. The van der Waals surface area contributed by atoms with Crippen molar-refractivity contribution in [3.63, 3.8) is 0 Å². The Balaban J connectivity index is 1.46. The molecule has 4 nitrogen and oxygen atoms in total. The number of hydrogen-bond donors (Lipinski definition) is 1. The predicted octanol–water partition coefficient (Wildman–Crippen LogP) is 2.75. The van der Waals surface area contributed by atoms with Gasteiger partial charge in [-0.25, -0.2) is 0 Å². The van der Waals surface area contributed by atoms with Gasteiger partial charge in [-0.1, -0.05) is 25.1 Å². The number of fused-ring (bicyclic) bond motifs is 1. The van der Waals surface area contributed by atoms with Crippen LogP contribution in [0.4, 0.5) is 5.69 Å². The number of para-hydroxylation sites is 1. The van der Waals surface area contributed by atoms with Crippen molar-refractivity contribution in [2.75, 3.05) is 44.7 Å². The average Bonchev–Trinajstić information content (AvgIpc) is 2.99. The fraction of sp³-hybridized carbons (Fsp3) is 0.632. The number of anilines is 1. The Morgan fingerprint density at radius 3 is 3.00 bits per heavy atom. The van der Waals surface area contributed by atoms with Crippen LogP contribution in [-0.4, -0.2) is 50.6 Å². The van der Waals surface area contributed by atoms with E-state index in [1.54, 1.807) is 0 Å². The summed E-state index contributed by atoms with van der Waals surface area (Å²) in [7, 11) is 1.88. The molecule has 2 aliphatic rings. The van der Waals surface area contributed by atoms with Crippen molar-refractivity contribution in [1.82, 2.24) is 10.2 Å². The molecule has 126 valence electrons. The third kappa shape index (κ3) is 4.05. The number of hydrogen-bond acceptors (Lipinski definition) is 2. The molecule has 0 aliphatic carbocycles. The summed E-state index contributed by atoms with van der Waals surface area (Å²) in [5.74, 6) is 1.88. The van der Waals surface area contributed by atoms with Crippen LogP contribution in [0.2, 0.25) is 0 Å². The minimum atomic E-state index is 0.866. The van der Waals surface area contributed by atoms with Crippen LogP contribution in [-0.2, 0) is 6.42 Å². The lowest BCUT2D eigenvalue weighted by molar-refractivity contribution is 0.182. The Labute approximate surface area is 140 Å². The number of nitrogens with zero attached hydrogens (tertiary/aromatic N) is 3. The summed E-state index contributed by atoms with van der Waals surface area (Å²) < 4.78 is 0. The van der Waals surface area contributed by atoms with Gasteiger partial charge in [0, 0.05) is 32.4 Å². The van der Waals surface area contributed by atoms with Crippen LogP contribution in [0.15, 0.2) is 29.3 Å². The van der Waals surface area contributed by atoms with Gasteiger partial charge in [-0.2, -0.15) is 0 Å². The van der Waals surface area contributed by atoms with Gasteiger partial charge in [0.1, 0.15) is 0 Å². The smallest absolute Gasteiger partial charge is 0.198 e. The van der Waals surface area contributed by atoms with Gasteiger partial charge in [0.25, 0.3) is 0 Å². The third-order valence-corrected chi connectivity index (χ3v) is 5.03. The molecular formula is C19H30N4. The molecule has 2 aliphatic heterocycles. The van der Waals surface area contributed by atoms with Gasteiger partial charge in [-0.3, -0.25) is 4.99 Å². The zero-order chi connectivity index (χ0) is 16.1. The number of rotatable bonds is 4. The molecule has 3 rings (SSSR count). The second-order valence-corrected chi connectivity index (χ2v) is 6.91. The van der Waals surface area contributed by atoms with E-state index in [0.717, 1.165) is 31.4 Å². The van der Waals surface area contributed by atoms with Gasteiger partial charge in [0.15, 0.2) is 5.96 Å². The van der Waals surface area contributed by atoms with Gasteiger partial charge in [-0.05, 0) is 56.3 Å². The summed E-state index contributed by atoms with van der Waals surface area (Å²) in [4.78, 5) is 9.42. The number of piperidine rings is 1. The lowest BCUT2D eigenvalue weighted by Gasteiger charge is -2.31. The van der Waals surface area contributed by atoms with E-state index < -0.39 is 0 Å². The van der Waals surface area contributed by atoms with Crippen molar-refractivity contribution in [2.24, 2.45) is 10.9 Å². The molecule has 1 aromatic carbocycles. The summed E-state index contributed by atoms with van der Waals surface area (Å²) in [6.07, 6.45) is 5.06. The molecule has 0 aromatic heterocycles. The van der Waals surface area contributed by atoms with E-state index in [-0.39, 0.29) is 0 Å². The lowest BCUT2D eigenvalue weighted by Crippen LogP contribution is -2.42. The van der Waals surface area contributed by atoms with Crippen LogP contribution >= 0.6 is 0 Å². The van der Waals surface area contributed by atoms with Crippen LogP contribution in [0.1, 0.15) is 31.7 Å². The minimum absolute atomic E-state index is 0.866. The Morgan fingerprint density at radius 2 is 2.17 bits per heavy atom. The van der Waals surface area contributed by atoms with Crippen molar-refractivity contribution in [3.8, 4) is 0 Å². The topological polar surface area (TPSA) is 30.9 Å². The number of nitrogens with one attached hydrogen (secondary N) is 1. The van der Waals surface area contributed by atoms with Gasteiger partial charge >= 0.3 is 0 Å². The summed E-state index contributed by atoms with van der Waals surface area (Å²) in [6, 6.07) is 8.66. The maximum absolute atomic E-state index is 4.48. The largest absolute Gasteiger partial charge is 0.356 e. The predicted molar refractivity (Wildman–Crippen MR) is 98.3 cm³/mol. The van der Waals surface area contributed by atoms with Gasteiger partial charge in [0.2, 0.25) is 0 Å². The highest BCUT2D eigenvalue weighted by molar-refractivity contribution is 5.97.